The Morgan fingerprint density at radius 3 is 2.13 bits per heavy atom. The van der Waals surface area contributed by atoms with Crippen molar-refractivity contribution in [3.8, 4) is 0 Å². The van der Waals surface area contributed by atoms with Gasteiger partial charge in [-0.25, -0.2) is 8.78 Å². The third-order valence-corrected chi connectivity index (χ3v) is 17.1. The van der Waals surface area contributed by atoms with Crippen molar-refractivity contribution >= 4 is 23.8 Å². The van der Waals surface area contributed by atoms with Crippen molar-refractivity contribution < 1.29 is 42.9 Å². The highest BCUT2D eigenvalue weighted by molar-refractivity contribution is 5.85. The lowest BCUT2D eigenvalue weighted by atomic mass is 9.32. The molecule has 0 aromatic rings. The molecule has 292 valence electrons. The molecule has 6 fully saturated rings. The molecule has 0 aromatic carbocycles. The topological polar surface area (TPSA) is 130 Å². The lowest BCUT2D eigenvalue weighted by Crippen LogP contribution is -2.67. The number of nitrogens with one attached hydrogen (secondary N) is 1. The first-order chi connectivity index (χ1) is 23.9. The van der Waals surface area contributed by atoms with Gasteiger partial charge in [-0.3, -0.25) is 19.2 Å². The molecule has 0 radical (unpaired) electrons. The largest absolute Gasteiger partial charge is 0.481 e. The van der Waals surface area contributed by atoms with E-state index in [0.29, 0.717) is 24.7 Å². The molecule has 12 atom stereocenters. The van der Waals surface area contributed by atoms with Crippen LogP contribution in [0.2, 0.25) is 0 Å². The summed E-state index contributed by atoms with van der Waals surface area (Å²) in [7, 11) is 0. The van der Waals surface area contributed by atoms with Crippen LogP contribution in [0.25, 0.3) is 0 Å². The standard InChI is InChI=1S/C42H63F2NO7/c1-23(2)25-12-17-41(34(50)45-29-20-24(33(48)49)21-42(29,43)44)19-18-39(8)26(32(25)41)10-11-28-38(7)15-14-30(52-35(51)36(3,4)22-31(46)47)37(5,6)27(38)13-16-40(28,39)9/h24-30,32H,1,10-22H2,2-9H3,(H,45,50)(H,46,47)(H,48,49)/t24?,25?,26?,27-,28+,29?,30?,32?,38-,39+,40+,41-/m0/s1. The van der Waals surface area contributed by atoms with E-state index in [9.17, 15) is 29.4 Å². The summed E-state index contributed by atoms with van der Waals surface area (Å²) in [6.07, 6.45) is 6.88. The number of allylic oxidation sites excluding steroid dienone is 1. The Morgan fingerprint density at radius 1 is 0.865 bits per heavy atom. The van der Waals surface area contributed by atoms with Gasteiger partial charge in [-0.2, -0.15) is 0 Å². The van der Waals surface area contributed by atoms with Crippen molar-refractivity contribution in [2.24, 2.45) is 68.0 Å². The molecule has 0 aliphatic heterocycles. The Hall–Kier alpha value is -2.52. The molecule has 0 bridgehead atoms. The molecular weight excluding hydrogens is 668 g/mol. The molecule has 3 N–H and O–H groups in total. The fourth-order valence-corrected chi connectivity index (χ4v) is 14.1. The highest BCUT2D eigenvalue weighted by Crippen LogP contribution is 2.77. The van der Waals surface area contributed by atoms with Gasteiger partial charge in [0.25, 0.3) is 5.92 Å². The smallest absolute Gasteiger partial charge is 0.312 e. The fourth-order valence-electron chi connectivity index (χ4n) is 14.1. The van der Waals surface area contributed by atoms with Gasteiger partial charge in [0, 0.05) is 11.8 Å². The molecule has 0 heterocycles. The molecule has 1 amide bonds. The van der Waals surface area contributed by atoms with Crippen molar-refractivity contribution in [1.29, 1.82) is 0 Å². The summed E-state index contributed by atoms with van der Waals surface area (Å²) >= 11 is 0. The molecule has 6 aliphatic rings. The van der Waals surface area contributed by atoms with E-state index in [1.165, 1.54) is 0 Å². The van der Waals surface area contributed by atoms with Gasteiger partial charge in [0.05, 0.1) is 29.2 Å². The predicted octanol–water partition coefficient (Wildman–Crippen LogP) is 8.67. The van der Waals surface area contributed by atoms with E-state index in [4.69, 9.17) is 4.74 Å². The van der Waals surface area contributed by atoms with Crippen molar-refractivity contribution in [3.05, 3.63) is 12.2 Å². The van der Waals surface area contributed by atoms with E-state index >= 15 is 8.78 Å². The molecule has 0 saturated heterocycles. The van der Waals surface area contributed by atoms with Gasteiger partial charge in [0.2, 0.25) is 5.91 Å². The second-order valence-electron chi connectivity index (χ2n) is 20.3. The highest BCUT2D eigenvalue weighted by atomic mass is 19.3. The van der Waals surface area contributed by atoms with E-state index in [2.05, 4.69) is 46.5 Å². The molecule has 6 aliphatic carbocycles. The van der Waals surface area contributed by atoms with Gasteiger partial charge in [-0.15, -0.1) is 0 Å². The van der Waals surface area contributed by atoms with E-state index in [1.54, 1.807) is 13.8 Å². The number of carbonyl (C=O) groups excluding carboxylic acids is 2. The van der Waals surface area contributed by atoms with Gasteiger partial charge in [-0.1, -0.05) is 46.8 Å². The number of carboxylic acids is 2. The van der Waals surface area contributed by atoms with Crippen molar-refractivity contribution in [3.63, 3.8) is 0 Å². The van der Waals surface area contributed by atoms with Gasteiger partial charge in [0.15, 0.2) is 0 Å². The van der Waals surface area contributed by atoms with Crippen LogP contribution in [0.5, 0.6) is 0 Å². The third kappa shape index (κ3) is 5.67. The number of ether oxygens (including phenoxy) is 1. The maximum Gasteiger partial charge on any atom is 0.312 e. The number of carbonyl (C=O) groups is 4. The number of hydrogen-bond donors (Lipinski definition) is 3. The predicted molar refractivity (Wildman–Crippen MR) is 192 cm³/mol. The average molecular weight is 732 g/mol. The van der Waals surface area contributed by atoms with Crippen molar-refractivity contribution in [2.45, 2.75) is 157 Å². The Balaban J connectivity index is 1.27. The molecule has 10 heteroatoms. The summed E-state index contributed by atoms with van der Waals surface area (Å²) in [6.45, 7) is 21.6. The number of alkyl halides is 2. The molecule has 8 nitrogen and oxygen atoms in total. The zero-order chi connectivity index (χ0) is 38.6. The zero-order valence-corrected chi connectivity index (χ0v) is 32.7. The number of hydrogen-bond acceptors (Lipinski definition) is 5. The van der Waals surface area contributed by atoms with Crippen LogP contribution in [0.15, 0.2) is 12.2 Å². The quantitative estimate of drug-likeness (QED) is 0.168. The Bertz CT molecular complexity index is 1520. The summed E-state index contributed by atoms with van der Waals surface area (Å²) in [5.74, 6) is -6.43. The van der Waals surface area contributed by atoms with E-state index < -0.39 is 53.0 Å². The second kappa shape index (κ2) is 12.5. The third-order valence-electron chi connectivity index (χ3n) is 17.1. The van der Waals surface area contributed by atoms with Crippen LogP contribution in [0.3, 0.4) is 0 Å². The molecule has 6 saturated carbocycles. The first-order valence-electron chi connectivity index (χ1n) is 19.9. The summed E-state index contributed by atoms with van der Waals surface area (Å²) in [5.41, 5.74) is -1.28. The Labute approximate surface area is 308 Å². The minimum absolute atomic E-state index is 0.00590. The number of aliphatic carboxylic acids is 2. The summed E-state index contributed by atoms with van der Waals surface area (Å²) in [6, 6.07) is -1.47. The van der Waals surface area contributed by atoms with Crippen molar-refractivity contribution in [2.75, 3.05) is 0 Å². The van der Waals surface area contributed by atoms with Gasteiger partial charge < -0.3 is 20.3 Å². The van der Waals surface area contributed by atoms with E-state index in [0.717, 1.165) is 56.9 Å². The number of fused-ring (bicyclic) bond motifs is 7. The maximum absolute atomic E-state index is 15.1. The summed E-state index contributed by atoms with van der Waals surface area (Å²) < 4.78 is 36.5. The minimum Gasteiger partial charge on any atom is -0.481 e. The summed E-state index contributed by atoms with van der Waals surface area (Å²) in [5, 5.41) is 21.6. The highest BCUT2D eigenvalue weighted by Gasteiger charge is 2.72. The van der Waals surface area contributed by atoms with Crippen LogP contribution in [0, 0.1) is 68.0 Å². The average Bonchev–Trinajstić information content (AvgIpc) is 3.56. The Morgan fingerprint density at radius 2 is 1.54 bits per heavy atom. The Kier molecular flexibility index (Phi) is 9.42. The first kappa shape index (κ1) is 39.2. The monoisotopic (exact) mass is 731 g/mol. The van der Waals surface area contributed by atoms with Crippen molar-refractivity contribution in [1.82, 2.24) is 5.32 Å². The summed E-state index contributed by atoms with van der Waals surface area (Å²) in [4.78, 5) is 50.9. The first-order valence-corrected chi connectivity index (χ1v) is 19.9. The molecule has 0 aromatic heterocycles. The number of carboxylic acid groups (broad SMARTS) is 2. The van der Waals surface area contributed by atoms with Crippen LogP contribution < -0.4 is 5.32 Å². The number of rotatable bonds is 8. The van der Waals surface area contributed by atoms with Crippen LogP contribution in [-0.2, 0) is 23.9 Å². The molecule has 6 rings (SSSR count). The molecular formula is C42H63F2NO7. The molecule has 6 unspecified atom stereocenters. The number of amides is 1. The van der Waals surface area contributed by atoms with Crippen LogP contribution in [-0.4, -0.2) is 52.1 Å². The minimum atomic E-state index is -3.26. The molecule has 0 spiro atoms. The van der Waals surface area contributed by atoms with Gasteiger partial charge >= 0.3 is 17.9 Å². The van der Waals surface area contributed by atoms with Crippen LogP contribution in [0.1, 0.15) is 139 Å². The number of esters is 1. The lowest BCUT2D eigenvalue weighted by molar-refractivity contribution is -0.250. The van der Waals surface area contributed by atoms with Gasteiger partial charge in [-0.05, 0) is 137 Å². The normalized spacial score (nSPS) is 44.7. The second-order valence-corrected chi connectivity index (χ2v) is 20.3. The van der Waals surface area contributed by atoms with Crippen LogP contribution >= 0.6 is 0 Å². The number of halogens is 2. The molecule has 52 heavy (non-hydrogen) atoms. The fraction of sp³-hybridized carbons (Fsp3) is 0.857. The zero-order valence-electron chi connectivity index (χ0n) is 32.7. The SMILES string of the molecule is C=C(C)C1CC[C@]2(C(=O)NC3CC(C(=O)O)CC3(F)F)CC[C@]3(C)C(CC[C@@H]4[C@@]5(C)CCC(OC(=O)C(C)(C)CC(=O)O)C(C)(C)[C@@H]5CC[C@]43C)C12. The maximum atomic E-state index is 15.1. The van der Waals surface area contributed by atoms with Crippen LogP contribution in [0.4, 0.5) is 8.78 Å². The van der Waals surface area contributed by atoms with E-state index in [-0.39, 0.29) is 64.3 Å². The van der Waals surface area contributed by atoms with Gasteiger partial charge in [0.1, 0.15) is 6.10 Å². The van der Waals surface area contributed by atoms with E-state index in [1.807, 2.05) is 6.92 Å². The lowest BCUT2D eigenvalue weighted by Gasteiger charge is -2.73.